The summed E-state index contributed by atoms with van der Waals surface area (Å²) in [4.78, 5) is 11.8. The Bertz CT molecular complexity index is 727. The van der Waals surface area contributed by atoms with Crippen molar-refractivity contribution in [3.05, 3.63) is 52.0 Å². The molecular weight excluding hydrogens is 320 g/mol. The Balaban J connectivity index is 2.38. The van der Waals surface area contributed by atoms with Crippen molar-refractivity contribution in [3.63, 3.8) is 0 Å². The minimum absolute atomic E-state index is 0.0120. The Labute approximate surface area is 139 Å². The van der Waals surface area contributed by atoms with Gasteiger partial charge in [-0.05, 0) is 24.6 Å². The van der Waals surface area contributed by atoms with E-state index in [1.54, 1.807) is 0 Å². The summed E-state index contributed by atoms with van der Waals surface area (Å²) in [5.74, 6) is -0.327. The van der Waals surface area contributed by atoms with Crippen molar-refractivity contribution in [2.45, 2.75) is 13.5 Å². The van der Waals surface area contributed by atoms with E-state index in [9.17, 15) is 9.90 Å². The molecule has 2 aromatic carbocycles. The van der Waals surface area contributed by atoms with Crippen molar-refractivity contribution in [1.82, 2.24) is 0 Å². The number of hydrogen-bond donors (Lipinski definition) is 1. The topological polar surface area (TPSA) is 65.0 Å². The molecule has 2 rings (SSSR count). The van der Waals surface area contributed by atoms with E-state index in [0.717, 1.165) is 5.56 Å². The molecule has 5 nitrogen and oxygen atoms in total. The predicted molar refractivity (Wildman–Crippen MR) is 86.5 cm³/mol. The quantitative estimate of drug-likeness (QED) is 0.843. The maximum atomic E-state index is 11.8. The number of rotatable bonds is 5. The Morgan fingerprint density at radius 3 is 2.57 bits per heavy atom. The third-order valence-electron chi connectivity index (χ3n) is 3.36. The smallest absolute Gasteiger partial charge is 0.341 e. The molecule has 0 fully saturated rings. The van der Waals surface area contributed by atoms with Crippen molar-refractivity contribution < 1.29 is 24.1 Å². The normalized spacial score (nSPS) is 10.3. The molecule has 0 saturated heterocycles. The highest BCUT2D eigenvalue weighted by molar-refractivity contribution is 6.33. The summed E-state index contributed by atoms with van der Waals surface area (Å²) in [5.41, 5.74) is 1.45. The van der Waals surface area contributed by atoms with Crippen molar-refractivity contribution >= 4 is 17.6 Å². The number of esters is 1. The zero-order valence-corrected chi connectivity index (χ0v) is 13.8. The van der Waals surface area contributed by atoms with Crippen molar-refractivity contribution in [2.75, 3.05) is 14.2 Å². The van der Waals surface area contributed by atoms with Crippen LogP contribution in [-0.2, 0) is 11.3 Å². The van der Waals surface area contributed by atoms with E-state index in [2.05, 4.69) is 4.74 Å². The van der Waals surface area contributed by atoms with Gasteiger partial charge in [-0.15, -0.1) is 0 Å². The van der Waals surface area contributed by atoms with Gasteiger partial charge in [0.15, 0.2) is 11.5 Å². The Morgan fingerprint density at radius 1 is 1.26 bits per heavy atom. The lowest BCUT2D eigenvalue weighted by molar-refractivity contribution is 0.0596. The zero-order valence-electron chi connectivity index (χ0n) is 13.1. The summed E-state index contributed by atoms with van der Waals surface area (Å²) in [5, 5.41) is 10.3. The van der Waals surface area contributed by atoms with Gasteiger partial charge in [0.2, 0.25) is 0 Å². The number of phenols is 1. The van der Waals surface area contributed by atoms with Crippen molar-refractivity contribution in [2.24, 2.45) is 0 Å². The number of aryl methyl sites for hydroxylation is 1. The molecule has 0 unspecified atom stereocenters. The number of methoxy groups -OCH3 is 2. The highest BCUT2D eigenvalue weighted by atomic mass is 35.5. The molecule has 122 valence electrons. The lowest BCUT2D eigenvalue weighted by Crippen LogP contribution is -2.06. The molecule has 0 aromatic heterocycles. The highest BCUT2D eigenvalue weighted by Gasteiger charge is 2.22. The average Bonchev–Trinajstić information content (AvgIpc) is 2.55. The fraction of sp³-hybridized carbons (Fsp3) is 0.235. The first-order valence-corrected chi connectivity index (χ1v) is 7.22. The van der Waals surface area contributed by atoms with E-state index in [4.69, 9.17) is 21.1 Å². The van der Waals surface area contributed by atoms with Gasteiger partial charge in [-0.2, -0.15) is 0 Å². The summed E-state index contributed by atoms with van der Waals surface area (Å²) >= 11 is 6.22. The summed E-state index contributed by atoms with van der Waals surface area (Å²) in [6.07, 6.45) is 0. The highest BCUT2D eigenvalue weighted by Crippen LogP contribution is 2.40. The Kier molecular flexibility index (Phi) is 5.34. The zero-order chi connectivity index (χ0) is 17.0. The summed E-state index contributed by atoms with van der Waals surface area (Å²) < 4.78 is 15.5. The molecule has 6 heteroatoms. The van der Waals surface area contributed by atoms with Crippen molar-refractivity contribution in [1.29, 1.82) is 0 Å². The number of carbonyl (C=O) groups excluding carboxylic acids is 1. The third kappa shape index (κ3) is 3.51. The molecular formula is C17H17ClO5. The van der Waals surface area contributed by atoms with E-state index < -0.39 is 5.97 Å². The molecule has 0 aliphatic heterocycles. The van der Waals surface area contributed by atoms with Crippen LogP contribution in [0.4, 0.5) is 0 Å². The van der Waals surface area contributed by atoms with Crippen LogP contribution in [0.5, 0.6) is 17.2 Å². The Morgan fingerprint density at radius 2 is 1.96 bits per heavy atom. The first kappa shape index (κ1) is 17.0. The van der Waals surface area contributed by atoms with Gasteiger partial charge < -0.3 is 19.3 Å². The molecule has 1 N–H and O–H groups in total. The monoisotopic (exact) mass is 336 g/mol. The fourth-order valence-electron chi connectivity index (χ4n) is 2.11. The number of hydrogen-bond acceptors (Lipinski definition) is 5. The molecule has 0 spiro atoms. The van der Waals surface area contributed by atoms with E-state index in [1.165, 1.54) is 20.3 Å². The van der Waals surface area contributed by atoms with Gasteiger partial charge >= 0.3 is 5.97 Å². The van der Waals surface area contributed by atoms with E-state index in [1.807, 2.05) is 31.2 Å². The second-order valence-electron chi connectivity index (χ2n) is 4.82. The number of para-hydroxylation sites is 1. The maximum absolute atomic E-state index is 11.8. The molecule has 0 heterocycles. The van der Waals surface area contributed by atoms with Gasteiger partial charge in [-0.3, -0.25) is 0 Å². The van der Waals surface area contributed by atoms with Gasteiger partial charge in [0, 0.05) is 5.56 Å². The summed E-state index contributed by atoms with van der Waals surface area (Å²) in [6.45, 7) is 2.04. The number of phenolic OH excluding ortho intramolecular Hbond substituents is 1. The van der Waals surface area contributed by atoms with Crippen LogP contribution in [0.25, 0.3) is 0 Å². The van der Waals surface area contributed by atoms with Crippen molar-refractivity contribution in [3.8, 4) is 17.2 Å². The van der Waals surface area contributed by atoms with E-state index in [0.29, 0.717) is 11.3 Å². The van der Waals surface area contributed by atoms with Gasteiger partial charge in [0.1, 0.15) is 17.9 Å². The van der Waals surface area contributed by atoms with Crippen LogP contribution in [0.1, 0.15) is 21.5 Å². The molecule has 23 heavy (non-hydrogen) atoms. The summed E-state index contributed by atoms with van der Waals surface area (Å²) in [7, 11) is 2.58. The predicted octanol–water partition coefficient (Wildman–Crippen LogP) is 3.73. The second-order valence-corrected chi connectivity index (χ2v) is 5.20. The number of carbonyl (C=O) groups is 1. The van der Waals surface area contributed by atoms with E-state index >= 15 is 0 Å². The minimum Gasteiger partial charge on any atom is -0.504 e. The van der Waals surface area contributed by atoms with Crippen LogP contribution in [0.2, 0.25) is 5.02 Å². The molecule has 0 aliphatic carbocycles. The third-order valence-corrected chi connectivity index (χ3v) is 3.77. The summed E-state index contributed by atoms with van der Waals surface area (Å²) in [6, 6.07) is 8.97. The van der Waals surface area contributed by atoms with Gasteiger partial charge in [-0.1, -0.05) is 29.8 Å². The van der Waals surface area contributed by atoms with Crippen LogP contribution >= 0.6 is 11.6 Å². The molecule has 2 aromatic rings. The van der Waals surface area contributed by atoms with Crippen LogP contribution in [0.15, 0.2) is 30.3 Å². The van der Waals surface area contributed by atoms with Crippen LogP contribution in [0, 0.1) is 6.92 Å². The van der Waals surface area contributed by atoms with Crippen LogP contribution in [0.3, 0.4) is 0 Å². The maximum Gasteiger partial charge on any atom is 0.341 e. The molecule has 0 aliphatic rings. The molecule has 0 atom stereocenters. The molecule has 0 bridgehead atoms. The number of aromatic hydroxyl groups is 1. The number of halogens is 1. The lowest BCUT2D eigenvalue weighted by Gasteiger charge is -2.15. The van der Waals surface area contributed by atoms with E-state index in [-0.39, 0.29) is 28.7 Å². The number of ether oxygens (including phenoxy) is 3. The molecule has 0 radical (unpaired) electrons. The molecule has 0 saturated carbocycles. The molecule has 0 amide bonds. The van der Waals surface area contributed by atoms with Gasteiger partial charge in [-0.25, -0.2) is 4.79 Å². The minimum atomic E-state index is -0.686. The number of benzene rings is 2. The standard InChI is InChI=1S/C17H17ClO5/c1-10-6-4-5-7-13(10)23-9-11-8-12(17(20)22-3)15(19)16(21-2)14(11)18/h4-8,19H,9H2,1-3H3. The van der Waals surface area contributed by atoms with Gasteiger partial charge in [0.25, 0.3) is 0 Å². The first-order valence-electron chi connectivity index (χ1n) is 6.84. The lowest BCUT2D eigenvalue weighted by atomic mass is 10.1. The SMILES string of the molecule is COC(=O)c1cc(COc2ccccc2C)c(Cl)c(OC)c1O. The van der Waals surface area contributed by atoms with Crippen LogP contribution in [-0.4, -0.2) is 25.3 Å². The van der Waals surface area contributed by atoms with Gasteiger partial charge in [0.05, 0.1) is 19.2 Å². The van der Waals surface area contributed by atoms with Crippen LogP contribution < -0.4 is 9.47 Å². The second kappa shape index (κ2) is 7.24. The largest absolute Gasteiger partial charge is 0.504 e. The average molecular weight is 337 g/mol. The fourth-order valence-corrected chi connectivity index (χ4v) is 2.38. The Hall–Kier alpha value is -2.40. The first-order chi connectivity index (χ1) is 11.0.